The lowest BCUT2D eigenvalue weighted by Crippen LogP contribution is -2.08. The van der Waals surface area contributed by atoms with Crippen LogP contribution < -0.4 is 9.80 Å². The van der Waals surface area contributed by atoms with Gasteiger partial charge in [-0.1, -0.05) is 66.7 Å². The first-order valence-electron chi connectivity index (χ1n) is 13.2. The molecule has 4 aromatic carbocycles. The standard InChI is InChI=1S/C34H31N5S/c1-38(2)27-18-14-24(15-19-27)32-33(25-16-20-28(21-17-25)39(3)4)37-34(36-32)26-12-9-23(10-13-26)11-22-31-35-29-7-5-6-8-30(29)40-31/h5-22H,1-4H3,(H,36,37)/b22-11+. The van der Waals surface area contributed by atoms with Gasteiger partial charge in [-0.2, -0.15) is 0 Å². The average Bonchev–Trinajstić information content (AvgIpc) is 3.61. The van der Waals surface area contributed by atoms with Crippen molar-refractivity contribution in [3.63, 3.8) is 0 Å². The van der Waals surface area contributed by atoms with E-state index in [1.165, 1.54) is 4.70 Å². The number of aromatic amines is 1. The highest BCUT2D eigenvalue weighted by molar-refractivity contribution is 7.19. The van der Waals surface area contributed by atoms with E-state index >= 15 is 0 Å². The molecular formula is C34H31N5S. The number of H-pyrrole nitrogens is 1. The van der Waals surface area contributed by atoms with Gasteiger partial charge in [0.15, 0.2) is 0 Å². The van der Waals surface area contributed by atoms with Crippen LogP contribution in [-0.4, -0.2) is 43.1 Å². The van der Waals surface area contributed by atoms with Gasteiger partial charge in [-0.15, -0.1) is 11.3 Å². The Balaban J connectivity index is 1.32. The smallest absolute Gasteiger partial charge is 0.138 e. The molecule has 2 heterocycles. The highest BCUT2D eigenvalue weighted by atomic mass is 32.1. The number of anilines is 2. The Bertz CT molecular complexity index is 1670. The summed E-state index contributed by atoms with van der Waals surface area (Å²) in [5.41, 5.74) is 9.66. The van der Waals surface area contributed by atoms with Gasteiger partial charge in [-0.3, -0.25) is 0 Å². The summed E-state index contributed by atoms with van der Waals surface area (Å²) in [5.74, 6) is 0.847. The molecule has 0 bridgehead atoms. The fraction of sp³-hybridized carbons (Fsp3) is 0.118. The Morgan fingerprint density at radius 3 is 1.85 bits per heavy atom. The molecule has 0 saturated carbocycles. The predicted octanol–water partition coefficient (Wildman–Crippen LogP) is 8.32. The van der Waals surface area contributed by atoms with E-state index < -0.39 is 0 Å². The first-order valence-corrected chi connectivity index (χ1v) is 14.1. The van der Waals surface area contributed by atoms with E-state index in [2.05, 4.69) is 146 Å². The van der Waals surface area contributed by atoms with Crippen LogP contribution >= 0.6 is 11.3 Å². The van der Waals surface area contributed by atoms with E-state index in [0.717, 1.165) is 61.4 Å². The Morgan fingerprint density at radius 1 is 0.625 bits per heavy atom. The van der Waals surface area contributed by atoms with Gasteiger partial charge in [0, 0.05) is 56.3 Å². The van der Waals surface area contributed by atoms with Gasteiger partial charge < -0.3 is 14.8 Å². The zero-order chi connectivity index (χ0) is 27.6. The van der Waals surface area contributed by atoms with Gasteiger partial charge >= 0.3 is 0 Å². The topological polar surface area (TPSA) is 48.1 Å². The molecule has 0 aliphatic carbocycles. The van der Waals surface area contributed by atoms with Crippen molar-refractivity contribution < 1.29 is 0 Å². The van der Waals surface area contributed by atoms with Crippen molar-refractivity contribution in [1.29, 1.82) is 0 Å². The Hall–Kier alpha value is -4.68. The van der Waals surface area contributed by atoms with Gasteiger partial charge in [0.1, 0.15) is 10.8 Å². The van der Waals surface area contributed by atoms with Crippen LogP contribution in [0.1, 0.15) is 10.6 Å². The molecule has 40 heavy (non-hydrogen) atoms. The molecule has 6 heteroatoms. The molecule has 1 N–H and O–H groups in total. The molecule has 0 aliphatic rings. The number of hydrogen-bond acceptors (Lipinski definition) is 5. The molecule has 0 radical (unpaired) electrons. The van der Waals surface area contributed by atoms with Crippen LogP contribution in [0.2, 0.25) is 0 Å². The lowest BCUT2D eigenvalue weighted by atomic mass is 10.0. The summed E-state index contributed by atoms with van der Waals surface area (Å²) in [5, 5.41) is 1.01. The molecule has 2 aromatic heterocycles. The van der Waals surface area contributed by atoms with Crippen LogP contribution in [0.25, 0.3) is 56.3 Å². The van der Waals surface area contributed by atoms with Crippen molar-refractivity contribution in [2.45, 2.75) is 0 Å². The fourth-order valence-corrected chi connectivity index (χ4v) is 5.52. The molecule has 6 rings (SSSR count). The van der Waals surface area contributed by atoms with Gasteiger partial charge in [0.2, 0.25) is 0 Å². The molecule has 0 amide bonds. The van der Waals surface area contributed by atoms with Crippen LogP contribution in [0, 0.1) is 0 Å². The van der Waals surface area contributed by atoms with Crippen molar-refractivity contribution in [3.05, 3.63) is 108 Å². The summed E-state index contributed by atoms with van der Waals surface area (Å²) in [6.07, 6.45) is 4.19. The second kappa shape index (κ2) is 10.8. The van der Waals surface area contributed by atoms with E-state index in [1.807, 2.05) is 6.07 Å². The third-order valence-corrected chi connectivity index (χ3v) is 7.95. The third-order valence-electron chi connectivity index (χ3n) is 6.95. The first kappa shape index (κ1) is 25.6. The quantitative estimate of drug-likeness (QED) is 0.221. The molecular weight excluding hydrogens is 510 g/mol. The molecule has 0 atom stereocenters. The number of rotatable bonds is 7. The number of fused-ring (bicyclic) bond motifs is 1. The number of para-hydroxylation sites is 1. The molecule has 0 saturated heterocycles. The highest BCUT2D eigenvalue weighted by Gasteiger charge is 2.16. The van der Waals surface area contributed by atoms with Crippen LogP contribution in [0.4, 0.5) is 11.4 Å². The SMILES string of the molecule is CN(C)c1ccc(-c2nc(-c3ccc(/C=C/c4nc5ccccc5s4)cc3)[nH]c2-c2ccc(N(C)C)cc2)cc1. The number of thiazole rings is 1. The van der Waals surface area contributed by atoms with Gasteiger partial charge in [-0.25, -0.2) is 9.97 Å². The van der Waals surface area contributed by atoms with E-state index in [9.17, 15) is 0 Å². The molecule has 0 aliphatic heterocycles. The zero-order valence-corrected chi connectivity index (χ0v) is 23.9. The number of nitrogens with one attached hydrogen (secondary N) is 1. The molecule has 5 nitrogen and oxygen atoms in total. The minimum Gasteiger partial charge on any atom is -0.378 e. The molecule has 6 aromatic rings. The minimum absolute atomic E-state index is 0.847. The summed E-state index contributed by atoms with van der Waals surface area (Å²) in [4.78, 5) is 17.6. The molecule has 198 valence electrons. The maximum absolute atomic E-state index is 5.10. The van der Waals surface area contributed by atoms with E-state index in [0.29, 0.717) is 0 Å². The third kappa shape index (κ3) is 5.26. The zero-order valence-electron chi connectivity index (χ0n) is 23.1. The average molecular weight is 542 g/mol. The van der Waals surface area contributed by atoms with Crippen LogP contribution in [-0.2, 0) is 0 Å². The number of nitrogens with zero attached hydrogens (tertiary/aromatic N) is 4. The number of hydrogen-bond donors (Lipinski definition) is 1. The Kier molecular flexibility index (Phi) is 6.93. The van der Waals surface area contributed by atoms with Gasteiger partial charge in [0.25, 0.3) is 0 Å². The predicted molar refractivity (Wildman–Crippen MR) is 172 cm³/mol. The highest BCUT2D eigenvalue weighted by Crippen LogP contribution is 2.35. The molecule has 0 fully saturated rings. The molecule has 0 unspecified atom stereocenters. The maximum atomic E-state index is 5.10. The number of aromatic nitrogens is 3. The van der Waals surface area contributed by atoms with E-state index in [4.69, 9.17) is 9.97 Å². The maximum Gasteiger partial charge on any atom is 0.138 e. The van der Waals surface area contributed by atoms with Crippen molar-refractivity contribution in [1.82, 2.24) is 15.0 Å². The van der Waals surface area contributed by atoms with Crippen molar-refractivity contribution in [2.24, 2.45) is 0 Å². The second-order valence-electron chi connectivity index (χ2n) is 10.2. The summed E-state index contributed by atoms with van der Waals surface area (Å²) in [6, 6.07) is 33.9. The Labute approximate surface area is 239 Å². The summed E-state index contributed by atoms with van der Waals surface area (Å²) in [7, 11) is 8.21. The fourth-order valence-electron chi connectivity index (χ4n) is 4.65. The van der Waals surface area contributed by atoms with Crippen LogP contribution in [0.3, 0.4) is 0 Å². The lowest BCUT2D eigenvalue weighted by Gasteiger charge is -2.13. The van der Waals surface area contributed by atoms with Gasteiger partial charge in [-0.05, 0) is 48.0 Å². The largest absolute Gasteiger partial charge is 0.378 e. The van der Waals surface area contributed by atoms with E-state index in [-0.39, 0.29) is 0 Å². The van der Waals surface area contributed by atoms with E-state index in [1.54, 1.807) is 11.3 Å². The first-order chi connectivity index (χ1) is 19.4. The monoisotopic (exact) mass is 541 g/mol. The summed E-state index contributed by atoms with van der Waals surface area (Å²) < 4.78 is 1.20. The van der Waals surface area contributed by atoms with Crippen molar-refractivity contribution in [2.75, 3.05) is 38.0 Å². The normalized spacial score (nSPS) is 11.4. The minimum atomic E-state index is 0.847. The number of imidazole rings is 1. The lowest BCUT2D eigenvalue weighted by molar-refractivity contribution is 1.13. The van der Waals surface area contributed by atoms with Gasteiger partial charge in [0.05, 0.1) is 21.6 Å². The number of benzene rings is 4. The molecule has 0 spiro atoms. The van der Waals surface area contributed by atoms with Crippen molar-refractivity contribution >= 4 is 45.1 Å². The Morgan fingerprint density at radius 2 is 1.23 bits per heavy atom. The second-order valence-corrected chi connectivity index (χ2v) is 11.2. The summed E-state index contributed by atoms with van der Waals surface area (Å²) >= 11 is 1.70. The van der Waals surface area contributed by atoms with Crippen LogP contribution in [0.5, 0.6) is 0 Å². The van der Waals surface area contributed by atoms with Crippen LogP contribution in [0.15, 0.2) is 97.1 Å². The van der Waals surface area contributed by atoms with Crippen molar-refractivity contribution in [3.8, 4) is 33.9 Å². The summed E-state index contributed by atoms with van der Waals surface area (Å²) in [6.45, 7) is 0.